The minimum Gasteiger partial charge on any atom is -0.507 e. The van der Waals surface area contributed by atoms with Crippen LogP contribution < -0.4 is 9.64 Å². The summed E-state index contributed by atoms with van der Waals surface area (Å²) in [5.74, 6) is -1.11. The number of carbonyl (C=O) groups excluding carboxylic acids is 2. The Kier molecular flexibility index (Phi) is 5.85. The Labute approximate surface area is 189 Å². The smallest absolute Gasteiger partial charge is 0.300 e. The van der Waals surface area contributed by atoms with E-state index in [2.05, 4.69) is 0 Å². The number of hydrogen-bond acceptors (Lipinski definition) is 5. The molecular formula is C24H20ClNO4S. The van der Waals surface area contributed by atoms with E-state index < -0.39 is 17.7 Å². The Morgan fingerprint density at radius 1 is 1.16 bits per heavy atom. The fourth-order valence-electron chi connectivity index (χ4n) is 3.69. The van der Waals surface area contributed by atoms with Gasteiger partial charge >= 0.3 is 0 Å². The third kappa shape index (κ3) is 3.84. The predicted molar refractivity (Wildman–Crippen MR) is 123 cm³/mol. The van der Waals surface area contributed by atoms with Crippen molar-refractivity contribution in [2.75, 3.05) is 11.5 Å². The predicted octanol–water partition coefficient (Wildman–Crippen LogP) is 5.73. The maximum atomic E-state index is 13.2. The first-order valence-electron chi connectivity index (χ1n) is 9.76. The maximum absolute atomic E-state index is 13.2. The number of carbonyl (C=O) groups is 2. The highest BCUT2D eigenvalue weighted by atomic mass is 35.5. The van der Waals surface area contributed by atoms with Gasteiger partial charge in [-0.25, -0.2) is 0 Å². The molecule has 0 spiro atoms. The van der Waals surface area contributed by atoms with Gasteiger partial charge in [0.05, 0.1) is 12.2 Å². The molecule has 4 rings (SSSR count). The molecule has 1 N–H and O–H groups in total. The van der Waals surface area contributed by atoms with Crippen LogP contribution in [-0.2, 0) is 9.59 Å². The van der Waals surface area contributed by atoms with Crippen LogP contribution in [0.1, 0.15) is 29.0 Å². The van der Waals surface area contributed by atoms with Crippen LogP contribution in [-0.4, -0.2) is 23.4 Å². The van der Waals surface area contributed by atoms with Crippen molar-refractivity contribution >= 4 is 46.1 Å². The van der Waals surface area contributed by atoms with Gasteiger partial charge in [0.2, 0.25) is 0 Å². The van der Waals surface area contributed by atoms with Gasteiger partial charge in [-0.2, -0.15) is 0 Å². The Balaban J connectivity index is 1.92. The molecular weight excluding hydrogens is 434 g/mol. The van der Waals surface area contributed by atoms with Crippen LogP contribution in [0.3, 0.4) is 0 Å². The van der Waals surface area contributed by atoms with Crippen LogP contribution in [0, 0.1) is 6.92 Å². The summed E-state index contributed by atoms with van der Waals surface area (Å²) in [6.07, 6.45) is 0. The summed E-state index contributed by atoms with van der Waals surface area (Å²) in [5.41, 5.74) is 1.79. The number of aliphatic hydroxyl groups is 1. The Morgan fingerprint density at radius 2 is 1.97 bits per heavy atom. The minimum atomic E-state index is -0.757. The van der Waals surface area contributed by atoms with Crippen molar-refractivity contribution in [3.05, 3.63) is 86.6 Å². The number of anilines is 1. The zero-order valence-electron chi connectivity index (χ0n) is 17.0. The monoisotopic (exact) mass is 453 g/mol. The summed E-state index contributed by atoms with van der Waals surface area (Å²) in [5, 5.41) is 13.5. The number of aliphatic hydroxyl groups excluding tert-OH is 1. The molecule has 2 heterocycles. The molecule has 158 valence electrons. The van der Waals surface area contributed by atoms with Crippen molar-refractivity contribution in [1.82, 2.24) is 0 Å². The first-order chi connectivity index (χ1) is 14.9. The highest BCUT2D eigenvalue weighted by Gasteiger charge is 2.47. The zero-order valence-corrected chi connectivity index (χ0v) is 18.5. The fraction of sp³-hybridized carbons (Fsp3) is 0.167. The molecule has 1 unspecified atom stereocenters. The van der Waals surface area contributed by atoms with Crippen molar-refractivity contribution in [1.29, 1.82) is 0 Å². The SMILES string of the molecule is CCOc1cccc(/C(O)=C2/C(=O)C(=O)N(c3cc(Cl)ccc3C)C2c2cccs2)c1. The molecule has 1 amide bonds. The molecule has 0 bridgehead atoms. The summed E-state index contributed by atoms with van der Waals surface area (Å²) in [4.78, 5) is 28.5. The number of Topliss-reactive ketones (excluding diaryl/α,β-unsaturated/α-hetero) is 1. The standard InChI is InChI=1S/C24H20ClNO4S/c1-3-30-17-7-4-6-15(12-17)22(27)20-21(19-8-5-11-31-19)26(24(29)23(20)28)18-13-16(25)10-9-14(18)2/h4-13,21,27H,3H2,1-2H3/b22-20-. The highest BCUT2D eigenvalue weighted by molar-refractivity contribution is 7.10. The molecule has 0 radical (unpaired) electrons. The molecule has 0 aliphatic carbocycles. The zero-order chi connectivity index (χ0) is 22.1. The third-order valence-corrected chi connectivity index (χ3v) is 6.27. The van der Waals surface area contributed by atoms with E-state index in [-0.39, 0.29) is 11.3 Å². The number of amides is 1. The van der Waals surface area contributed by atoms with Gasteiger partial charge in [-0.1, -0.05) is 35.9 Å². The molecule has 31 heavy (non-hydrogen) atoms. The number of rotatable bonds is 5. The van der Waals surface area contributed by atoms with Crippen LogP contribution in [0.2, 0.25) is 5.02 Å². The number of hydrogen-bond donors (Lipinski definition) is 1. The van der Waals surface area contributed by atoms with Gasteiger partial charge in [0.25, 0.3) is 11.7 Å². The highest BCUT2D eigenvalue weighted by Crippen LogP contribution is 2.45. The van der Waals surface area contributed by atoms with E-state index in [1.54, 1.807) is 42.5 Å². The molecule has 1 aliphatic heterocycles. The van der Waals surface area contributed by atoms with E-state index in [4.69, 9.17) is 16.3 Å². The van der Waals surface area contributed by atoms with Gasteiger partial charge in [0.1, 0.15) is 17.6 Å². The quantitative estimate of drug-likeness (QED) is 0.304. The van der Waals surface area contributed by atoms with E-state index in [9.17, 15) is 14.7 Å². The average Bonchev–Trinajstić information content (AvgIpc) is 3.37. The number of aryl methyl sites for hydroxylation is 1. The first-order valence-corrected chi connectivity index (χ1v) is 11.0. The second-order valence-corrected chi connectivity index (χ2v) is 8.49. The number of nitrogens with zero attached hydrogens (tertiary/aromatic N) is 1. The number of ketones is 1. The molecule has 0 saturated carbocycles. The van der Waals surface area contributed by atoms with Gasteiger partial charge in [-0.3, -0.25) is 14.5 Å². The van der Waals surface area contributed by atoms with Crippen molar-refractivity contribution in [3.63, 3.8) is 0 Å². The van der Waals surface area contributed by atoms with Gasteiger partial charge in [0, 0.05) is 21.2 Å². The lowest BCUT2D eigenvalue weighted by Crippen LogP contribution is -2.29. The lowest BCUT2D eigenvalue weighted by molar-refractivity contribution is -0.132. The van der Waals surface area contributed by atoms with Crippen molar-refractivity contribution in [2.45, 2.75) is 19.9 Å². The third-order valence-electron chi connectivity index (χ3n) is 5.11. The molecule has 1 atom stereocenters. The van der Waals surface area contributed by atoms with Crippen LogP contribution in [0.25, 0.3) is 5.76 Å². The summed E-state index contributed by atoms with van der Waals surface area (Å²) >= 11 is 7.61. The summed E-state index contributed by atoms with van der Waals surface area (Å²) in [7, 11) is 0. The van der Waals surface area contributed by atoms with Crippen LogP contribution in [0.15, 0.2) is 65.6 Å². The second kappa shape index (κ2) is 8.57. The number of halogens is 1. The molecule has 7 heteroatoms. The van der Waals surface area contributed by atoms with E-state index >= 15 is 0 Å². The van der Waals surface area contributed by atoms with Gasteiger partial charge in [-0.15, -0.1) is 11.3 Å². The molecule has 1 aliphatic rings. The first kappa shape index (κ1) is 21.2. The minimum absolute atomic E-state index is 0.0421. The van der Waals surface area contributed by atoms with E-state index in [1.165, 1.54) is 16.2 Å². The van der Waals surface area contributed by atoms with Crippen molar-refractivity contribution in [3.8, 4) is 5.75 Å². The summed E-state index contributed by atoms with van der Waals surface area (Å²) in [6, 6.07) is 15.0. The van der Waals surface area contributed by atoms with Crippen LogP contribution in [0.4, 0.5) is 5.69 Å². The largest absolute Gasteiger partial charge is 0.507 e. The molecule has 1 aromatic heterocycles. The topological polar surface area (TPSA) is 66.8 Å². The van der Waals surface area contributed by atoms with Crippen LogP contribution in [0.5, 0.6) is 5.75 Å². The molecule has 3 aromatic rings. The molecule has 1 saturated heterocycles. The molecule has 2 aromatic carbocycles. The average molecular weight is 454 g/mol. The van der Waals surface area contributed by atoms with Crippen molar-refractivity contribution < 1.29 is 19.4 Å². The summed E-state index contributed by atoms with van der Waals surface area (Å²) in [6.45, 7) is 4.18. The molecule has 1 fully saturated rings. The Hall–Kier alpha value is -3.09. The van der Waals surface area contributed by atoms with E-state index in [1.807, 2.05) is 31.4 Å². The van der Waals surface area contributed by atoms with Gasteiger partial charge in [-0.05, 0) is 55.1 Å². The normalized spacial score (nSPS) is 17.9. The fourth-order valence-corrected chi connectivity index (χ4v) is 4.68. The number of thiophene rings is 1. The van der Waals surface area contributed by atoms with Crippen molar-refractivity contribution in [2.24, 2.45) is 0 Å². The number of benzene rings is 2. The summed E-state index contributed by atoms with van der Waals surface area (Å²) < 4.78 is 5.52. The van der Waals surface area contributed by atoms with Gasteiger partial charge < -0.3 is 9.84 Å². The lowest BCUT2D eigenvalue weighted by Gasteiger charge is -2.25. The maximum Gasteiger partial charge on any atom is 0.300 e. The lowest BCUT2D eigenvalue weighted by atomic mass is 9.99. The van der Waals surface area contributed by atoms with Gasteiger partial charge in [0.15, 0.2) is 0 Å². The Morgan fingerprint density at radius 3 is 2.68 bits per heavy atom. The van der Waals surface area contributed by atoms with E-state index in [0.717, 1.165) is 10.4 Å². The van der Waals surface area contributed by atoms with Crippen LogP contribution >= 0.6 is 22.9 Å². The Bertz CT molecular complexity index is 1190. The molecule has 5 nitrogen and oxygen atoms in total. The van der Waals surface area contributed by atoms with E-state index in [0.29, 0.717) is 28.6 Å². The number of ether oxygens (including phenoxy) is 1. The second-order valence-electron chi connectivity index (χ2n) is 7.08.